The van der Waals surface area contributed by atoms with Crippen LogP contribution < -0.4 is 0 Å². The Balaban J connectivity index is 2.88. The van der Waals surface area contributed by atoms with Gasteiger partial charge in [-0.25, -0.2) is 4.79 Å². The summed E-state index contributed by atoms with van der Waals surface area (Å²) >= 11 is 0. The van der Waals surface area contributed by atoms with E-state index < -0.39 is 49.4 Å². The molecule has 6 nitrogen and oxygen atoms in total. The Bertz CT molecular complexity index is 1150. The Morgan fingerprint density at radius 1 is 0.725 bits per heavy atom. The van der Waals surface area contributed by atoms with Gasteiger partial charge >= 0.3 is 11.9 Å². The lowest BCUT2D eigenvalue weighted by Crippen LogP contribution is -2.59. The summed E-state index contributed by atoms with van der Waals surface area (Å²) in [7, 11) is -2.75. The van der Waals surface area contributed by atoms with Crippen molar-refractivity contribution in [2.45, 2.75) is 116 Å². The summed E-state index contributed by atoms with van der Waals surface area (Å²) in [6.07, 6.45) is -0.460. The maximum absolute atomic E-state index is 14.5. The highest BCUT2D eigenvalue weighted by molar-refractivity contribution is 6.74. The number of ether oxygens (including phenoxy) is 2. The zero-order valence-electron chi connectivity index (χ0n) is 26.2. The number of hydrogen-bond acceptors (Lipinski definition) is 6. The van der Waals surface area contributed by atoms with Crippen molar-refractivity contribution in [3.63, 3.8) is 0 Å². The third-order valence-corrected chi connectivity index (χ3v) is 11.6. The standard InChI is InChI=1S/C33H48O6Si/c1-30(2,3)37-28(35)23-33(29(36)38-31(4,5)6,39-40(10,11)32(7,8)9)26(24-18-14-12-15-19-24)22-27(34)25-20-16-13-17-21-25/h12-21,26H,22-23H2,1-11H3/t26-,33+/m0/s1. The van der Waals surface area contributed by atoms with E-state index in [0.717, 1.165) is 0 Å². The van der Waals surface area contributed by atoms with Gasteiger partial charge in [-0.15, -0.1) is 0 Å². The minimum absolute atomic E-state index is 0.0648. The number of carbonyl (C=O) groups is 3. The zero-order chi connectivity index (χ0) is 30.6. The number of carbonyl (C=O) groups excluding carboxylic acids is 3. The van der Waals surface area contributed by atoms with E-state index in [4.69, 9.17) is 13.9 Å². The molecule has 7 heteroatoms. The van der Waals surface area contributed by atoms with Gasteiger partial charge in [-0.2, -0.15) is 0 Å². The molecule has 0 aliphatic heterocycles. The third-order valence-electron chi connectivity index (χ3n) is 7.06. The fourth-order valence-electron chi connectivity index (χ4n) is 4.22. The van der Waals surface area contributed by atoms with Crippen molar-refractivity contribution in [2.24, 2.45) is 0 Å². The Hall–Kier alpha value is -2.77. The van der Waals surface area contributed by atoms with Crippen LogP contribution in [0.1, 0.15) is 97.0 Å². The second-order valence-electron chi connectivity index (χ2n) is 14.0. The van der Waals surface area contributed by atoms with Gasteiger partial charge in [-0.05, 0) is 65.2 Å². The van der Waals surface area contributed by atoms with Gasteiger partial charge in [0, 0.05) is 17.9 Å². The first-order valence-electron chi connectivity index (χ1n) is 14.0. The topological polar surface area (TPSA) is 78.9 Å². The summed E-state index contributed by atoms with van der Waals surface area (Å²) in [4.78, 5) is 41.8. The fourth-order valence-corrected chi connectivity index (χ4v) is 5.73. The Labute approximate surface area is 241 Å². The van der Waals surface area contributed by atoms with E-state index in [9.17, 15) is 14.4 Å². The molecule has 0 N–H and O–H groups in total. The summed E-state index contributed by atoms with van der Waals surface area (Å²) < 4.78 is 18.8. The smallest absolute Gasteiger partial charge is 0.339 e. The van der Waals surface area contributed by atoms with Gasteiger partial charge in [0.25, 0.3) is 0 Å². The summed E-state index contributed by atoms with van der Waals surface area (Å²) in [6, 6.07) is 18.3. The lowest BCUT2D eigenvalue weighted by atomic mass is 9.76. The van der Waals surface area contributed by atoms with Crippen molar-refractivity contribution in [2.75, 3.05) is 0 Å². The van der Waals surface area contributed by atoms with Gasteiger partial charge in [0.1, 0.15) is 11.2 Å². The second kappa shape index (κ2) is 12.4. The van der Waals surface area contributed by atoms with Gasteiger partial charge in [-0.3, -0.25) is 9.59 Å². The molecule has 0 bridgehead atoms. The van der Waals surface area contributed by atoms with Gasteiger partial charge in [0.15, 0.2) is 19.7 Å². The average Bonchev–Trinajstić information content (AvgIpc) is 2.79. The molecule has 0 fully saturated rings. The van der Waals surface area contributed by atoms with Crippen molar-refractivity contribution in [1.82, 2.24) is 0 Å². The highest BCUT2D eigenvalue weighted by atomic mass is 28.4. The van der Waals surface area contributed by atoms with Crippen molar-refractivity contribution < 1.29 is 28.3 Å². The number of Topliss-reactive ketones (excluding diaryl/α,β-unsaturated/α-hetero) is 1. The normalized spacial score (nSPS) is 15.1. The second-order valence-corrected chi connectivity index (χ2v) is 18.7. The van der Waals surface area contributed by atoms with E-state index in [-0.39, 0.29) is 17.2 Å². The van der Waals surface area contributed by atoms with E-state index >= 15 is 0 Å². The largest absolute Gasteiger partial charge is 0.460 e. The monoisotopic (exact) mass is 568 g/mol. The molecule has 0 unspecified atom stereocenters. The lowest BCUT2D eigenvalue weighted by Gasteiger charge is -2.48. The maximum Gasteiger partial charge on any atom is 0.339 e. The van der Waals surface area contributed by atoms with Crippen LogP contribution in [0.5, 0.6) is 0 Å². The molecule has 0 spiro atoms. The fraction of sp³-hybridized carbons (Fsp3) is 0.545. The molecule has 40 heavy (non-hydrogen) atoms. The van der Waals surface area contributed by atoms with E-state index in [1.807, 2.05) is 49.5 Å². The number of benzene rings is 2. The van der Waals surface area contributed by atoms with Crippen LogP contribution in [0, 0.1) is 0 Å². The van der Waals surface area contributed by atoms with Gasteiger partial charge in [0.2, 0.25) is 0 Å². The molecule has 0 aliphatic carbocycles. The first kappa shape index (κ1) is 33.4. The molecule has 220 valence electrons. The molecule has 0 heterocycles. The molecular weight excluding hydrogens is 520 g/mol. The van der Waals surface area contributed by atoms with Crippen molar-refractivity contribution in [3.05, 3.63) is 71.8 Å². The van der Waals surface area contributed by atoms with Crippen molar-refractivity contribution in [3.8, 4) is 0 Å². The van der Waals surface area contributed by atoms with E-state index in [1.54, 1.807) is 65.8 Å². The summed E-state index contributed by atoms with van der Waals surface area (Å²) in [5.41, 5.74) is -2.23. The molecule has 2 aromatic carbocycles. The molecule has 0 saturated heterocycles. The first-order chi connectivity index (χ1) is 18.2. The van der Waals surface area contributed by atoms with E-state index in [0.29, 0.717) is 11.1 Å². The highest BCUT2D eigenvalue weighted by Crippen LogP contribution is 2.47. The van der Waals surface area contributed by atoms with Crippen LogP contribution in [0.25, 0.3) is 0 Å². The van der Waals surface area contributed by atoms with Crippen molar-refractivity contribution in [1.29, 1.82) is 0 Å². The van der Waals surface area contributed by atoms with Crippen LogP contribution in [-0.4, -0.2) is 42.8 Å². The molecule has 0 saturated carbocycles. The summed E-state index contributed by atoms with van der Waals surface area (Å²) in [6.45, 7) is 20.9. The third kappa shape index (κ3) is 9.13. The molecule has 2 aromatic rings. The average molecular weight is 569 g/mol. The van der Waals surface area contributed by atoms with Crippen LogP contribution in [-0.2, 0) is 23.5 Å². The number of rotatable bonds is 10. The van der Waals surface area contributed by atoms with Crippen LogP contribution >= 0.6 is 0 Å². The number of hydrogen-bond donors (Lipinski definition) is 0. The summed E-state index contributed by atoms with van der Waals surface area (Å²) in [5, 5.41) is -0.307. The van der Waals surface area contributed by atoms with Gasteiger partial charge < -0.3 is 13.9 Å². The van der Waals surface area contributed by atoms with Gasteiger partial charge in [-0.1, -0.05) is 81.4 Å². The molecule has 0 aromatic heterocycles. The van der Waals surface area contributed by atoms with Gasteiger partial charge in [0.05, 0.1) is 6.42 Å². The quantitative estimate of drug-likeness (QED) is 0.165. The number of ketones is 1. The predicted molar refractivity (Wildman–Crippen MR) is 162 cm³/mol. The van der Waals surface area contributed by atoms with Crippen LogP contribution in [0.4, 0.5) is 0 Å². The summed E-state index contributed by atoms with van der Waals surface area (Å²) in [5.74, 6) is -2.25. The maximum atomic E-state index is 14.5. The Morgan fingerprint density at radius 3 is 1.65 bits per heavy atom. The molecular formula is C33H48O6Si. The Morgan fingerprint density at radius 2 is 1.20 bits per heavy atom. The van der Waals surface area contributed by atoms with Crippen molar-refractivity contribution >= 4 is 26.0 Å². The molecule has 0 aliphatic rings. The molecule has 2 atom stereocenters. The lowest BCUT2D eigenvalue weighted by molar-refractivity contribution is -0.185. The predicted octanol–water partition coefficient (Wildman–Crippen LogP) is 7.88. The molecule has 0 amide bonds. The number of esters is 2. The first-order valence-corrected chi connectivity index (χ1v) is 16.9. The van der Waals surface area contributed by atoms with Crippen LogP contribution in [0.15, 0.2) is 60.7 Å². The minimum atomic E-state index is -2.75. The zero-order valence-corrected chi connectivity index (χ0v) is 27.2. The van der Waals surface area contributed by atoms with Crippen LogP contribution in [0.3, 0.4) is 0 Å². The minimum Gasteiger partial charge on any atom is -0.460 e. The highest BCUT2D eigenvalue weighted by Gasteiger charge is 2.57. The van der Waals surface area contributed by atoms with E-state index in [2.05, 4.69) is 20.8 Å². The molecule has 0 radical (unpaired) electrons. The van der Waals surface area contributed by atoms with E-state index in [1.165, 1.54) is 0 Å². The Kier molecular flexibility index (Phi) is 10.4. The van der Waals surface area contributed by atoms with Crippen LogP contribution in [0.2, 0.25) is 18.1 Å². The molecule has 2 rings (SSSR count). The SMILES string of the molecule is CC(C)(C)OC(=O)C[C@](O[Si](C)(C)C(C)(C)C)(C(=O)OC(C)(C)C)[C@@H](CC(=O)c1ccccc1)c1ccccc1.